The first kappa shape index (κ1) is 19.6. The molecule has 1 heterocycles. The third kappa shape index (κ3) is 5.05. The van der Waals surface area contributed by atoms with Crippen LogP contribution in [0.15, 0.2) is 54.6 Å². The molecule has 1 atom stereocenters. The largest absolute Gasteiger partial charge is 0.346 e. The minimum absolute atomic E-state index is 0.00420. The van der Waals surface area contributed by atoms with Crippen LogP contribution in [0.25, 0.3) is 11.1 Å². The summed E-state index contributed by atoms with van der Waals surface area (Å²) in [4.78, 5) is 23.4. The Morgan fingerprint density at radius 3 is 1.92 bits per heavy atom. The van der Waals surface area contributed by atoms with E-state index < -0.39 is 0 Å². The van der Waals surface area contributed by atoms with Gasteiger partial charge < -0.3 is 5.32 Å². The molecule has 1 saturated heterocycles. The van der Waals surface area contributed by atoms with Crippen molar-refractivity contribution in [2.24, 2.45) is 0 Å². The third-order valence-corrected chi connectivity index (χ3v) is 3.59. The number of hydrogen-bond donors (Lipinski definition) is 1. The van der Waals surface area contributed by atoms with Crippen LogP contribution in [0.1, 0.15) is 50.9 Å². The second kappa shape index (κ2) is 10.4. The number of Topliss-reactive ketones (excluding diaryl/α,β-unsaturated/α-hetero) is 1. The predicted molar refractivity (Wildman–Crippen MR) is 100 cm³/mol. The van der Waals surface area contributed by atoms with Gasteiger partial charge in [-0.05, 0) is 17.5 Å². The van der Waals surface area contributed by atoms with Crippen molar-refractivity contribution in [2.45, 2.75) is 46.6 Å². The van der Waals surface area contributed by atoms with Gasteiger partial charge in [0.1, 0.15) is 0 Å². The highest BCUT2D eigenvalue weighted by molar-refractivity contribution is 6.03. The smallest absolute Gasteiger partial charge is 0.220 e. The number of benzene rings is 2. The van der Waals surface area contributed by atoms with Gasteiger partial charge in [0.2, 0.25) is 5.91 Å². The molecule has 0 bridgehead atoms. The molecule has 1 aliphatic heterocycles. The van der Waals surface area contributed by atoms with Crippen molar-refractivity contribution in [2.75, 3.05) is 0 Å². The van der Waals surface area contributed by atoms with Crippen LogP contribution < -0.4 is 5.32 Å². The molecule has 1 fully saturated rings. The van der Waals surface area contributed by atoms with Crippen molar-refractivity contribution in [1.82, 2.24) is 5.32 Å². The van der Waals surface area contributed by atoms with Gasteiger partial charge in [0.05, 0.1) is 6.04 Å². The second-order valence-corrected chi connectivity index (χ2v) is 4.97. The van der Waals surface area contributed by atoms with Gasteiger partial charge in [-0.2, -0.15) is 0 Å². The van der Waals surface area contributed by atoms with Gasteiger partial charge in [-0.25, -0.2) is 0 Å². The zero-order chi connectivity index (χ0) is 17.9. The average molecular weight is 325 g/mol. The maximum Gasteiger partial charge on any atom is 0.220 e. The first-order chi connectivity index (χ1) is 11.7. The molecule has 1 N–H and O–H groups in total. The number of ketones is 1. The van der Waals surface area contributed by atoms with Crippen LogP contribution in [-0.4, -0.2) is 17.7 Å². The Morgan fingerprint density at radius 1 is 0.875 bits per heavy atom. The molecule has 1 amide bonds. The molecule has 3 heteroatoms. The third-order valence-electron chi connectivity index (χ3n) is 3.59. The number of nitrogens with one attached hydrogen (secondary N) is 1. The number of carbonyl (C=O) groups is 2. The van der Waals surface area contributed by atoms with Crippen LogP contribution in [0.3, 0.4) is 0 Å². The van der Waals surface area contributed by atoms with E-state index in [9.17, 15) is 9.59 Å². The molecule has 1 unspecified atom stereocenters. The molecule has 0 aliphatic carbocycles. The van der Waals surface area contributed by atoms with Gasteiger partial charge in [-0.3, -0.25) is 9.59 Å². The van der Waals surface area contributed by atoms with Gasteiger partial charge in [-0.15, -0.1) is 0 Å². The van der Waals surface area contributed by atoms with Gasteiger partial charge in [0, 0.05) is 12.0 Å². The lowest BCUT2D eigenvalue weighted by molar-refractivity contribution is -0.119. The zero-order valence-corrected chi connectivity index (χ0v) is 15.0. The maximum atomic E-state index is 12.2. The molecule has 3 nitrogen and oxygen atoms in total. The lowest BCUT2D eigenvalue weighted by atomic mass is 9.99. The van der Waals surface area contributed by atoms with Crippen LogP contribution in [0.4, 0.5) is 0 Å². The first-order valence-electron chi connectivity index (χ1n) is 8.73. The average Bonchev–Trinajstić information content (AvgIpc) is 3.12. The lowest BCUT2D eigenvalue weighted by Crippen LogP contribution is -2.33. The summed E-state index contributed by atoms with van der Waals surface area (Å²) in [5.74, 6) is -0.0419. The van der Waals surface area contributed by atoms with E-state index in [2.05, 4.69) is 5.32 Å². The minimum atomic E-state index is -0.356. The van der Waals surface area contributed by atoms with Crippen LogP contribution in [0.2, 0.25) is 0 Å². The summed E-state index contributed by atoms with van der Waals surface area (Å²) in [6, 6.07) is 17.2. The lowest BCUT2D eigenvalue weighted by Gasteiger charge is -2.09. The van der Waals surface area contributed by atoms with E-state index in [0.717, 1.165) is 11.1 Å². The highest BCUT2D eigenvalue weighted by Gasteiger charge is 2.27. The number of rotatable bonds is 3. The van der Waals surface area contributed by atoms with E-state index in [0.29, 0.717) is 18.4 Å². The molecule has 0 radical (unpaired) electrons. The van der Waals surface area contributed by atoms with E-state index in [1.807, 2.05) is 82.3 Å². The summed E-state index contributed by atoms with van der Waals surface area (Å²) in [5.41, 5.74) is 2.86. The summed E-state index contributed by atoms with van der Waals surface area (Å²) in [5, 5.41) is 2.71. The molecule has 1 aliphatic rings. The molecular weight excluding hydrogens is 298 g/mol. The van der Waals surface area contributed by atoms with Gasteiger partial charge >= 0.3 is 0 Å². The van der Waals surface area contributed by atoms with Gasteiger partial charge in [-0.1, -0.05) is 82.3 Å². The van der Waals surface area contributed by atoms with Crippen molar-refractivity contribution < 1.29 is 9.59 Å². The number of hydrogen-bond acceptors (Lipinski definition) is 2. The van der Waals surface area contributed by atoms with Crippen molar-refractivity contribution in [3.63, 3.8) is 0 Å². The predicted octanol–water partition coefficient (Wildman–Crippen LogP) is 4.87. The van der Waals surface area contributed by atoms with Crippen LogP contribution >= 0.6 is 0 Å². The van der Waals surface area contributed by atoms with E-state index in [1.165, 1.54) is 0 Å². The van der Waals surface area contributed by atoms with Gasteiger partial charge in [0.25, 0.3) is 0 Å². The van der Waals surface area contributed by atoms with Crippen molar-refractivity contribution >= 4 is 11.7 Å². The van der Waals surface area contributed by atoms with Gasteiger partial charge in [0.15, 0.2) is 5.78 Å². The molecule has 0 saturated carbocycles. The van der Waals surface area contributed by atoms with Crippen molar-refractivity contribution in [1.29, 1.82) is 0 Å². The highest BCUT2D eigenvalue weighted by atomic mass is 16.2. The Bertz CT molecular complexity index is 633. The standard InChI is InChI=1S/C17H15NO2.2C2H6/c19-16-11-10-15(18-16)17(20)14-8-6-13(7-9-14)12-4-2-1-3-5-12;2*1-2/h1-9,15H,10-11H2,(H,18,19);2*1-2H3. The van der Waals surface area contributed by atoms with E-state index in [1.54, 1.807) is 0 Å². The molecule has 0 spiro atoms. The van der Waals surface area contributed by atoms with Crippen LogP contribution in [-0.2, 0) is 4.79 Å². The summed E-state index contributed by atoms with van der Waals surface area (Å²) in [6.45, 7) is 8.00. The van der Waals surface area contributed by atoms with E-state index in [4.69, 9.17) is 0 Å². The summed E-state index contributed by atoms with van der Waals surface area (Å²) < 4.78 is 0. The molecule has 2 aromatic carbocycles. The number of carbonyl (C=O) groups excluding carboxylic acids is 2. The Kier molecular flexibility index (Phi) is 8.48. The summed E-state index contributed by atoms with van der Waals surface area (Å²) in [7, 11) is 0. The zero-order valence-electron chi connectivity index (χ0n) is 15.0. The summed E-state index contributed by atoms with van der Waals surface area (Å²) >= 11 is 0. The summed E-state index contributed by atoms with van der Waals surface area (Å²) in [6.07, 6.45) is 1.04. The molecule has 24 heavy (non-hydrogen) atoms. The second-order valence-electron chi connectivity index (χ2n) is 4.97. The topological polar surface area (TPSA) is 46.2 Å². The quantitative estimate of drug-likeness (QED) is 0.819. The normalized spacial score (nSPS) is 15.3. The van der Waals surface area contributed by atoms with Crippen LogP contribution in [0, 0.1) is 0 Å². The van der Waals surface area contributed by atoms with Crippen molar-refractivity contribution in [3.8, 4) is 11.1 Å². The van der Waals surface area contributed by atoms with E-state index in [-0.39, 0.29) is 17.7 Å². The molecule has 2 aromatic rings. The molecular formula is C21H27NO2. The maximum absolute atomic E-state index is 12.2. The fourth-order valence-electron chi connectivity index (χ4n) is 2.47. The SMILES string of the molecule is CC.CC.O=C1CCC(C(=O)c2ccc(-c3ccccc3)cc2)N1. The fraction of sp³-hybridized carbons (Fsp3) is 0.333. The van der Waals surface area contributed by atoms with Crippen LogP contribution in [0.5, 0.6) is 0 Å². The fourth-order valence-corrected chi connectivity index (χ4v) is 2.47. The molecule has 0 aromatic heterocycles. The highest BCUT2D eigenvalue weighted by Crippen LogP contribution is 2.20. The Balaban J connectivity index is 0.000000671. The monoisotopic (exact) mass is 325 g/mol. The molecule has 3 rings (SSSR count). The number of amides is 1. The minimum Gasteiger partial charge on any atom is -0.346 e. The Hall–Kier alpha value is -2.42. The molecule has 128 valence electrons. The van der Waals surface area contributed by atoms with Crippen molar-refractivity contribution in [3.05, 3.63) is 60.2 Å². The first-order valence-corrected chi connectivity index (χ1v) is 8.73. The van der Waals surface area contributed by atoms with E-state index >= 15 is 0 Å². The Labute approximate surface area is 145 Å². The Morgan fingerprint density at radius 2 is 1.42 bits per heavy atom.